The molecule has 0 saturated heterocycles. The number of nitrogens with two attached hydrogens (primary N) is 1. The van der Waals surface area contributed by atoms with Crippen LogP contribution in [0.15, 0.2) is 69.0 Å². The molecular weight excluding hydrogens is 378 g/mol. The summed E-state index contributed by atoms with van der Waals surface area (Å²) in [5, 5.41) is 9.09. The van der Waals surface area contributed by atoms with Gasteiger partial charge in [0.05, 0.1) is 12.0 Å². The number of benzene rings is 1. The quantitative estimate of drug-likeness (QED) is 0.455. The highest BCUT2D eigenvalue weighted by Gasteiger charge is 2.17. The first-order chi connectivity index (χ1) is 13.7. The van der Waals surface area contributed by atoms with Crippen LogP contribution in [-0.4, -0.2) is 25.7 Å². The second kappa shape index (κ2) is 8.13. The molecule has 9 heteroatoms. The number of thioether (sulfide) groups is 1. The predicted octanol–water partition coefficient (Wildman–Crippen LogP) is 3.36. The average molecular weight is 395 g/mol. The van der Waals surface area contributed by atoms with Crippen molar-refractivity contribution in [1.29, 1.82) is 0 Å². The summed E-state index contributed by atoms with van der Waals surface area (Å²) in [5.41, 5.74) is 7.01. The Labute approximate surface area is 164 Å². The number of carbonyl (C=O) groups excluding carboxylic acids is 1. The zero-order chi connectivity index (χ0) is 19.3. The molecule has 0 aliphatic heterocycles. The minimum atomic E-state index is -0.390. The number of amides is 1. The van der Waals surface area contributed by atoms with Gasteiger partial charge in [0.2, 0.25) is 11.8 Å². The summed E-state index contributed by atoms with van der Waals surface area (Å²) in [6, 6.07) is 13.3. The highest BCUT2D eigenvalue weighted by Crippen LogP contribution is 2.28. The van der Waals surface area contributed by atoms with Crippen molar-refractivity contribution in [1.82, 2.24) is 19.7 Å². The fourth-order valence-corrected chi connectivity index (χ4v) is 3.47. The number of rotatable bonds is 8. The van der Waals surface area contributed by atoms with Crippen LogP contribution >= 0.6 is 11.8 Å². The van der Waals surface area contributed by atoms with E-state index in [0.29, 0.717) is 34.9 Å². The third-order valence-corrected chi connectivity index (χ3v) is 4.96. The third-order valence-electron chi connectivity index (χ3n) is 3.96. The van der Waals surface area contributed by atoms with Crippen molar-refractivity contribution in [2.45, 2.75) is 23.9 Å². The van der Waals surface area contributed by atoms with E-state index < -0.39 is 0 Å². The molecule has 3 heterocycles. The van der Waals surface area contributed by atoms with Crippen LogP contribution < -0.4 is 5.73 Å². The summed E-state index contributed by atoms with van der Waals surface area (Å²) in [6.07, 6.45) is 3.38. The molecule has 0 spiro atoms. The van der Waals surface area contributed by atoms with Crippen molar-refractivity contribution in [3.05, 3.63) is 60.7 Å². The van der Waals surface area contributed by atoms with Gasteiger partial charge in [-0.25, -0.2) is 4.98 Å². The van der Waals surface area contributed by atoms with Gasteiger partial charge >= 0.3 is 0 Å². The molecule has 28 heavy (non-hydrogen) atoms. The molecule has 3 aromatic heterocycles. The molecule has 0 radical (unpaired) electrons. The standard InChI is InChI=1S/C19H17N5O3S/c20-16(25)8-9-24-17(15-7-4-10-26-15)22-23-19(24)28-12-14-11-27-18(21-14)13-5-2-1-3-6-13/h1-7,10-11H,8-9,12H2,(H2,20,25). The van der Waals surface area contributed by atoms with Crippen LogP contribution in [0.2, 0.25) is 0 Å². The summed E-state index contributed by atoms with van der Waals surface area (Å²) in [5.74, 6) is 1.86. The number of nitrogens with zero attached hydrogens (tertiary/aromatic N) is 4. The Bertz CT molecular complexity index is 1060. The van der Waals surface area contributed by atoms with Gasteiger partial charge in [0.25, 0.3) is 0 Å². The fourth-order valence-electron chi connectivity index (χ4n) is 2.63. The fraction of sp³-hybridized carbons (Fsp3) is 0.158. The van der Waals surface area contributed by atoms with Crippen LogP contribution in [0.3, 0.4) is 0 Å². The van der Waals surface area contributed by atoms with Gasteiger partial charge in [-0.15, -0.1) is 10.2 Å². The summed E-state index contributed by atoms with van der Waals surface area (Å²) < 4.78 is 12.8. The Morgan fingerprint density at radius 2 is 1.96 bits per heavy atom. The molecule has 0 atom stereocenters. The maximum Gasteiger partial charge on any atom is 0.226 e. The maximum absolute atomic E-state index is 11.2. The van der Waals surface area contributed by atoms with Crippen LogP contribution in [0.5, 0.6) is 0 Å². The first-order valence-corrected chi connectivity index (χ1v) is 9.57. The maximum atomic E-state index is 11.2. The number of carbonyl (C=O) groups is 1. The number of aromatic nitrogens is 4. The molecular formula is C19H17N5O3S. The molecule has 0 fully saturated rings. The Balaban J connectivity index is 1.52. The van der Waals surface area contributed by atoms with E-state index in [1.54, 1.807) is 24.7 Å². The Hall–Kier alpha value is -3.33. The van der Waals surface area contributed by atoms with Crippen LogP contribution in [0, 0.1) is 0 Å². The molecule has 4 rings (SSSR count). The van der Waals surface area contributed by atoms with Gasteiger partial charge in [-0.05, 0) is 24.3 Å². The molecule has 2 N–H and O–H groups in total. The Morgan fingerprint density at radius 3 is 2.71 bits per heavy atom. The molecule has 0 bridgehead atoms. The van der Waals surface area contributed by atoms with E-state index in [4.69, 9.17) is 14.6 Å². The van der Waals surface area contributed by atoms with Gasteiger partial charge < -0.3 is 14.6 Å². The van der Waals surface area contributed by atoms with Crippen molar-refractivity contribution in [2.75, 3.05) is 0 Å². The number of primary amides is 1. The summed E-state index contributed by atoms with van der Waals surface area (Å²) in [7, 11) is 0. The normalized spacial score (nSPS) is 11.0. The number of hydrogen-bond acceptors (Lipinski definition) is 7. The van der Waals surface area contributed by atoms with E-state index in [-0.39, 0.29) is 12.3 Å². The molecule has 0 saturated carbocycles. The van der Waals surface area contributed by atoms with Gasteiger partial charge in [0.15, 0.2) is 16.7 Å². The lowest BCUT2D eigenvalue weighted by Gasteiger charge is -2.07. The topological polar surface area (TPSA) is 113 Å². The summed E-state index contributed by atoms with van der Waals surface area (Å²) in [6.45, 7) is 0.370. The summed E-state index contributed by atoms with van der Waals surface area (Å²) >= 11 is 1.45. The van der Waals surface area contributed by atoms with E-state index in [1.807, 2.05) is 34.9 Å². The zero-order valence-corrected chi connectivity index (χ0v) is 15.6. The van der Waals surface area contributed by atoms with Gasteiger partial charge in [-0.2, -0.15) is 0 Å². The molecule has 0 unspecified atom stereocenters. The largest absolute Gasteiger partial charge is 0.461 e. The van der Waals surface area contributed by atoms with Crippen molar-refractivity contribution in [3.63, 3.8) is 0 Å². The molecule has 8 nitrogen and oxygen atoms in total. The number of hydrogen-bond donors (Lipinski definition) is 1. The van der Waals surface area contributed by atoms with Crippen LogP contribution in [0.4, 0.5) is 0 Å². The van der Waals surface area contributed by atoms with Crippen molar-refractivity contribution in [3.8, 4) is 23.0 Å². The lowest BCUT2D eigenvalue weighted by atomic mass is 10.2. The van der Waals surface area contributed by atoms with Crippen molar-refractivity contribution >= 4 is 17.7 Å². The van der Waals surface area contributed by atoms with E-state index >= 15 is 0 Å². The van der Waals surface area contributed by atoms with Gasteiger partial charge in [-0.3, -0.25) is 9.36 Å². The zero-order valence-electron chi connectivity index (χ0n) is 14.8. The van der Waals surface area contributed by atoms with E-state index in [0.717, 1.165) is 11.3 Å². The minimum absolute atomic E-state index is 0.182. The van der Waals surface area contributed by atoms with E-state index in [2.05, 4.69) is 15.2 Å². The van der Waals surface area contributed by atoms with Gasteiger partial charge in [0.1, 0.15) is 6.26 Å². The van der Waals surface area contributed by atoms with Gasteiger partial charge in [-0.1, -0.05) is 30.0 Å². The van der Waals surface area contributed by atoms with E-state index in [9.17, 15) is 4.79 Å². The summed E-state index contributed by atoms with van der Waals surface area (Å²) in [4.78, 5) is 15.8. The van der Waals surface area contributed by atoms with Crippen molar-refractivity contribution < 1.29 is 13.6 Å². The van der Waals surface area contributed by atoms with E-state index in [1.165, 1.54) is 11.8 Å². The highest BCUT2D eigenvalue weighted by molar-refractivity contribution is 7.98. The number of oxazole rings is 1. The SMILES string of the molecule is NC(=O)CCn1c(SCc2coc(-c3ccccc3)n2)nnc1-c1ccco1. The highest BCUT2D eigenvalue weighted by atomic mass is 32.2. The second-order valence-corrected chi connectivity index (χ2v) is 6.89. The van der Waals surface area contributed by atoms with Crippen LogP contribution in [0.25, 0.3) is 23.0 Å². The lowest BCUT2D eigenvalue weighted by Crippen LogP contribution is -2.15. The second-order valence-electron chi connectivity index (χ2n) is 5.95. The molecule has 142 valence electrons. The Kier molecular flexibility index (Phi) is 5.24. The average Bonchev–Trinajstić information content (AvgIpc) is 3.45. The predicted molar refractivity (Wildman–Crippen MR) is 103 cm³/mol. The first-order valence-electron chi connectivity index (χ1n) is 8.58. The van der Waals surface area contributed by atoms with Crippen molar-refractivity contribution in [2.24, 2.45) is 5.73 Å². The first kappa shape index (κ1) is 18.1. The number of furan rings is 1. The molecule has 1 amide bonds. The lowest BCUT2D eigenvalue weighted by molar-refractivity contribution is -0.118. The third kappa shape index (κ3) is 3.99. The monoisotopic (exact) mass is 395 g/mol. The van der Waals surface area contributed by atoms with Crippen LogP contribution in [-0.2, 0) is 17.1 Å². The molecule has 1 aromatic carbocycles. The van der Waals surface area contributed by atoms with Crippen LogP contribution in [0.1, 0.15) is 12.1 Å². The molecule has 4 aromatic rings. The minimum Gasteiger partial charge on any atom is -0.461 e. The smallest absolute Gasteiger partial charge is 0.226 e. The Morgan fingerprint density at radius 1 is 1.11 bits per heavy atom. The van der Waals surface area contributed by atoms with Gasteiger partial charge in [0, 0.05) is 24.3 Å². The molecule has 0 aliphatic rings. The molecule has 0 aliphatic carbocycles.